The minimum atomic E-state index is -0.457. The summed E-state index contributed by atoms with van der Waals surface area (Å²) in [5.41, 5.74) is 1.60. The van der Waals surface area contributed by atoms with Crippen molar-refractivity contribution < 1.29 is 14.3 Å². The van der Waals surface area contributed by atoms with E-state index in [-0.39, 0.29) is 24.4 Å². The average molecular weight is 291 g/mol. The molecule has 0 aliphatic carbocycles. The quantitative estimate of drug-likeness (QED) is 0.761. The van der Waals surface area contributed by atoms with Gasteiger partial charge in [-0.1, -0.05) is 13.0 Å². The lowest BCUT2D eigenvalue weighted by molar-refractivity contribution is -0.123. The lowest BCUT2D eigenvalue weighted by Gasteiger charge is -2.26. The van der Waals surface area contributed by atoms with Crippen molar-refractivity contribution >= 4 is 17.5 Å². The first-order chi connectivity index (χ1) is 10.0. The first kappa shape index (κ1) is 15.3. The Labute approximate surface area is 124 Å². The van der Waals surface area contributed by atoms with Gasteiger partial charge in [0.2, 0.25) is 5.91 Å². The topological polar surface area (TPSA) is 79.5 Å². The highest BCUT2D eigenvalue weighted by Crippen LogP contribution is 2.32. The molecule has 0 saturated carbocycles. The van der Waals surface area contributed by atoms with Crippen molar-refractivity contribution in [3.8, 4) is 5.75 Å². The van der Waals surface area contributed by atoms with Crippen molar-refractivity contribution in [2.45, 2.75) is 32.4 Å². The van der Waals surface area contributed by atoms with E-state index in [4.69, 9.17) is 4.74 Å². The summed E-state index contributed by atoms with van der Waals surface area (Å²) < 4.78 is 5.70. The van der Waals surface area contributed by atoms with Gasteiger partial charge in [0.05, 0.1) is 18.3 Å². The second-order valence-electron chi connectivity index (χ2n) is 5.08. The van der Waals surface area contributed by atoms with E-state index in [1.54, 1.807) is 13.1 Å². The second-order valence-corrected chi connectivity index (χ2v) is 5.08. The van der Waals surface area contributed by atoms with Crippen LogP contribution in [0.2, 0.25) is 0 Å². The summed E-state index contributed by atoms with van der Waals surface area (Å²) in [6, 6.07) is 5.41. The molecule has 1 aromatic carbocycles. The molecule has 0 aromatic heterocycles. The Morgan fingerprint density at radius 3 is 2.90 bits per heavy atom. The average Bonchev–Trinajstić information content (AvgIpc) is 2.46. The highest BCUT2D eigenvalue weighted by atomic mass is 16.5. The van der Waals surface area contributed by atoms with Crippen LogP contribution in [0.3, 0.4) is 0 Å². The largest absolute Gasteiger partial charge is 0.478 e. The number of anilines is 1. The van der Waals surface area contributed by atoms with Crippen LogP contribution in [0.25, 0.3) is 0 Å². The number of rotatable bonds is 5. The fraction of sp³-hybridized carbons (Fsp3) is 0.467. The molecule has 1 aliphatic heterocycles. The lowest BCUT2D eigenvalue weighted by atomic mass is 10.1. The highest BCUT2D eigenvalue weighted by Gasteiger charge is 2.26. The van der Waals surface area contributed by atoms with E-state index >= 15 is 0 Å². The summed E-state index contributed by atoms with van der Waals surface area (Å²) in [5, 5.41) is 8.53. The second kappa shape index (κ2) is 6.58. The molecule has 6 nitrogen and oxygen atoms in total. The standard InChI is InChI=1S/C15H21N3O3/c1-4-12-15(20)18-11-6-5-10(7-13(11)21-12)9(2)17-14(19)8-16-3/h5-7,9,12,16H,4,8H2,1-3H3,(H,17,19)(H,18,20). The summed E-state index contributed by atoms with van der Waals surface area (Å²) in [6.45, 7) is 4.09. The molecule has 1 aromatic rings. The number of ether oxygens (including phenoxy) is 1. The number of carbonyl (C=O) groups is 2. The molecule has 2 unspecified atom stereocenters. The maximum Gasteiger partial charge on any atom is 0.265 e. The van der Waals surface area contributed by atoms with Crippen molar-refractivity contribution in [3.63, 3.8) is 0 Å². The number of benzene rings is 1. The zero-order valence-corrected chi connectivity index (χ0v) is 12.5. The molecule has 114 valence electrons. The Hall–Kier alpha value is -2.08. The van der Waals surface area contributed by atoms with Gasteiger partial charge in [-0.3, -0.25) is 9.59 Å². The Kier molecular flexibility index (Phi) is 4.80. The van der Waals surface area contributed by atoms with Crippen molar-refractivity contribution in [2.75, 3.05) is 18.9 Å². The molecule has 2 rings (SSSR count). The lowest BCUT2D eigenvalue weighted by Crippen LogP contribution is -2.36. The van der Waals surface area contributed by atoms with Gasteiger partial charge >= 0.3 is 0 Å². The molecule has 2 atom stereocenters. The van der Waals surface area contributed by atoms with Crippen LogP contribution in [-0.4, -0.2) is 31.5 Å². The van der Waals surface area contributed by atoms with E-state index < -0.39 is 6.10 Å². The van der Waals surface area contributed by atoms with E-state index in [0.29, 0.717) is 17.9 Å². The zero-order valence-electron chi connectivity index (χ0n) is 12.5. The summed E-state index contributed by atoms with van der Waals surface area (Å²) in [6.07, 6.45) is 0.159. The summed E-state index contributed by atoms with van der Waals surface area (Å²) in [5.74, 6) is 0.463. The van der Waals surface area contributed by atoms with E-state index in [1.165, 1.54) is 0 Å². The molecule has 0 saturated heterocycles. The maximum absolute atomic E-state index is 11.7. The maximum atomic E-state index is 11.7. The predicted octanol–water partition coefficient (Wildman–Crippen LogP) is 1.19. The first-order valence-electron chi connectivity index (χ1n) is 7.10. The molecule has 1 heterocycles. The SMILES string of the molecule is CCC1Oc2cc(C(C)NC(=O)CNC)ccc2NC1=O. The van der Waals surface area contributed by atoms with Crippen LogP contribution < -0.4 is 20.7 Å². The Balaban J connectivity index is 2.13. The predicted molar refractivity (Wildman–Crippen MR) is 80.3 cm³/mol. The van der Waals surface area contributed by atoms with E-state index in [1.807, 2.05) is 26.0 Å². The van der Waals surface area contributed by atoms with E-state index in [9.17, 15) is 9.59 Å². The van der Waals surface area contributed by atoms with Crippen molar-refractivity contribution in [1.29, 1.82) is 0 Å². The number of amides is 2. The molecule has 6 heteroatoms. The van der Waals surface area contributed by atoms with Crippen LogP contribution in [0.15, 0.2) is 18.2 Å². The Morgan fingerprint density at radius 2 is 2.24 bits per heavy atom. The van der Waals surface area contributed by atoms with Crippen LogP contribution in [0.4, 0.5) is 5.69 Å². The monoisotopic (exact) mass is 291 g/mol. The fourth-order valence-corrected chi connectivity index (χ4v) is 2.23. The number of hydrogen-bond acceptors (Lipinski definition) is 4. The molecule has 1 aliphatic rings. The third kappa shape index (κ3) is 3.52. The number of likely N-dealkylation sites (N-methyl/N-ethyl adjacent to an activating group) is 1. The highest BCUT2D eigenvalue weighted by molar-refractivity contribution is 5.97. The molecule has 2 amide bonds. The van der Waals surface area contributed by atoms with Gasteiger partial charge in [-0.05, 0) is 38.1 Å². The number of hydrogen-bond donors (Lipinski definition) is 3. The third-order valence-corrected chi connectivity index (χ3v) is 3.41. The Morgan fingerprint density at radius 1 is 1.48 bits per heavy atom. The molecule has 21 heavy (non-hydrogen) atoms. The van der Waals surface area contributed by atoms with Gasteiger partial charge in [-0.25, -0.2) is 0 Å². The molecular formula is C15H21N3O3. The summed E-state index contributed by atoms with van der Waals surface area (Å²) in [4.78, 5) is 23.3. The van der Waals surface area contributed by atoms with Crippen molar-refractivity contribution in [2.24, 2.45) is 0 Å². The van der Waals surface area contributed by atoms with Gasteiger partial charge in [0.1, 0.15) is 5.75 Å². The molecular weight excluding hydrogens is 270 g/mol. The molecule has 0 fully saturated rings. The minimum absolute atomic E-state index is 0.0663. The smallest absolute Gasteiger partial charge is 0.265 e. The van der Waals surface area contributed by atoms with Gasteiger partial charge in [0.15, 0.2) is 6.10 Å². The van der Waals surface area contributed by atoms with Gasteiger partial charge < -0.3 is 20.7 Å². The number of fused-ring (bicyclic) bond motifs is 1. The van der Waals surface area contributed by atoms with E-state index in [0.717, 1.165) is 5.56 Å². The van der Waals surface area contributed by atoms with Crippen molar-refractivity contribution in [3.05, 3.63) is 23.8 Å². The van der Waals surface area contributed by atoms with Crippen LogP contribution in [0.5, 0.6) is 5.75 Å². The molecule has 0 spiro atoms. The first-order valence-corrected chi connectivity index (χ1v) is 7.10. The van der Waals surface area contributed by atoms with Gasteiger partial charge in [-0.2, -0.15) is 0 Å². The van der Waals surface area contributed by atoms with Crippen LogP contribution in [0.1, 0.15) is 31.9 Å². The fourth-order valence-electron chi connectivity index (χ4n) is 2.23. The third-order valence-electron chi connectivity index (χ3n) is 3.41. The normalized spacial score (nSPS) is 18.2. The summed E-state index contributed by atoms with van der Waals surface area (Å²) in [7, 11) is 1.73. The molecule has 0 bridgehead atoms. The summed E-state index contributed by atoms with van der Waals surface area (Å²) >= 11 is 0. The van der Waals surface area contributed by atoms with Gasteiger partial charge in [0, 0.05) is 0 Å². The van der Waals surface area contributed by atoms with Gasteiger partial charge in [-0.15, -0.1) is 0 Å². The van der Waals surface area contributed by atoms with Gasteiger partial charge in [0.25, 0.3) is 5.91 Å². The number of nitrogens with one attached hydrogen (secondary N) is 3. The molecule has 3 N–H and O–H groups in total. The van der Waals surface area contributed by atoms with Crippen molar-refractivity contribution in [1.82, 2.24) is 10.6 Å². The Bertz CT molecular complexity index is 545. The molecule has 0 radical (unpaired) electrons. The number of carbonyl (C=O) groups excluding carboxylic acids is 2. The zero-order chi connectivity index (χ0) is 15.4. The van der Waals surface area contributed by atoms with Crippen LogP contribution in [0, 0.1) is 0 Å². The van der Waals surface area contributed by atoms with Crippen LogP contribution >= 0.6 is 0 Å². The van der Waals surface area contributed by atoms with E-state index in [2.05, 4.69) is 16.0 Å². The van der Waals surface area contributed by atoms with Crippen LogP contribution in [-0.2, 0) is 9.59 Å². The minimum Gasteiger partial charge on any atom is -0.478 e.